The van der Waals surface area contributed by atoms with E-state index in [1.165, 1.54) is 26.8 Å². The van der Waals surface area contributed by atoms with Crippen LogP contribution in [0, 0.1) is 0 Å². The standard InChI is InChI=1S/C15H23N3O2/c1-15(2,3)20-14(19)18-8-6-11(7-9-18)12-4-5-13(16)17-10-12/h4-5,10-11H,6-9H2,1-3H3,(H2,16,17)/i6D2,7D2,8D2,9D2,11D. The van der Waals surface area contributed by atoms with Gasteiger partial charge in [-0.05, 0) is 51.0 Å². The van der Waals surface area contributed by atoms with Crippen molar-refractivity contribution in [3.8, 4) is 0 Å². The molecular weight excluding hydrogens is 254 g/mol. The number of nitrogens with zero attached hydrogens (tertiary/aromatic N) is 2. The predicted octanol–water partition coefficient (Wildman–Crippen LogP) is 2.78. The summed E-state index contributed by atoms with van der Waals surface area (Å²) in [5.74, 6) is -3.14. The number of amides is 1. The van der Waals surface area contributed by atoms with Gasteiger partial charge in [0, 0.05) is 31.5 Å². The van der Waals surface area contributed by atoms with E-state index in [1.807, 2.05) is 0 Å². The normalized spacial score (nSPS) is 35.4. The summed E-state index contributed by atoms with van der Waals surface area (Å²) in [6.07, 6.45) is -7.54. The third-order valence-electron chi connectivity index (χ3n) is 2.24. The number of pyridine rings is 1. The van der Waals surface area contributed by atoms with Gasteiger partial charge in [0.25, 0.3) is 0 Å². The van der Waals surface area contributed by atoms with Gasteiger partial charge in [-0.25, -0.2) is 9.78 Å². The lowest BCUT2D eigenvalue weighted by molar-refractivity contribution is 0.0205. The number of rotatable bonds is 1. The molecule has 1 aromatic heterocycles. The van der Waals surface area contributed by atoms with Crippen LogP contribution in [0.5, 0.6) is 0 Å². The number of likely N-dealkylation sites (tertiary alicyclic amines) is 1. The van der Waals surface area contributed by atoms with Gasteiger partial charge < -0.3 is 15.4 Å². The molecule has 2 rings (SSSR count). The van der Waals surface area contributed by atoms with Crippen molar-refractivity contribution in [3.05, 3.63) is 23.9 Å². The molecule has 5 nitrogen and oxygen atoms in total. The Morgan fingerprint density at radius 2 is 2.15 bits per heavy atom. The van der Waals surface area contributed by atoms with Crippen LogP contribution in [-0.4, -0.2) is 34.6 Å². The van der Waals surface area contributed by atoms with Gasteiger partial charge in [-0.3, -0.25) is 0 Å². The largest absolute Gasteiger partial charge is 0.444 e. The molecule has 0 atom stereocenters. The lowest BCUT2D eigenvalue weighted by Crippen LogP contribution is -2.41. The molecule has 1 aromatic rings. The second-order valence-corrected chi connectivity index (χ2v) is 5.14. The molecule has 0 spiro atoms. The quantitative estimate of drug-likeness (QED) is 0.862. The summed E-state index contributed by atoms with van der Waals surface area (Å²) < 4.78 is 80.1. The van der Waals surface area contributed by atoms with E-state index in [2.05, 4.69) is 4.98 Å². The van der Waals surface area contributed by atoms with E-state index in [0.717, 1.165) is 12.3 Å². The molecule has 1 aliphatic heterocycles. The molecule has 5 heteroatoms. The van der Waals surface area contributed by atoms with E-state index in [4.69, 9.17) is 22.8 Å². The number of hydrogen-bond donors (Lipinski definition) is 1. The van der Waals surface area contributed by atoms with Gasteiger partial charge in [-0.2, -0.15) is 0 Å². The summed E-state index contributed by atoms with van der Waals surface area (Å²) in [7, 11) is 0. The highest BCUT2D eigenvalue weighted by molar-refractivity contribution is 5.68. The summed E-state index contributed by atoms with van der Waals surface area (Å²) in [5.41, 5.74) is 3.87. The maximum absolute atomic E-state index is 12.6. The molecule has 0 unspecified atom stereocenters. The van der Waals surface area contributed by atoms with Crippen molar-refractivity contribution in [1.82, 2.24) is 9.88 Å². The lowest BCUT2D eigenvalue weighted by Gasteiger charge is -2.33. The first kappa shape index (κ1) is 6.78. The second kappa shape index (κ2) is 5.69. The van der Waals surface area contributed by atoms with Gasteiger partial charge in [0.2, 0.25) is 0 Å². The summed E-state index contributed by atoms with van der Waals surface area (Å²) in [6, 6.07) is 2.25. The minimum atomic E-state index is -3.46. The fraction of sp³-hybridized carbons (Fsp3) is 0.600. The number of ether oxygens (including phenoxy) is 1. The molecule has 0 saturated carbocycles. The highest BCUT2D eigenvalue weighted by atomic mass is 16.6. The van der Waals surface area contributed by atoms with Gasteiger partial charge in [0.05, 0.1) is 0 Å². The molecule has 0 bridgehead atoms. The van der Waals surface area contributed by atoms with Crippen molar-refractivity contribution in [1.29, 1.82) is 0 Å². The van der Waals surface area contributed by atoms with Crippen molar-refractivity contribution in [2.45, 2.75) is 45.0 Å². The lowest BCUT2D eigenvalue weighted by atomic mass is 9.91. The maximum atomic E-state index is 12.6. The number of aromatic nitrogens is 1. The summed E-state index contributed by atoms with van der Waals surface area (Å²) in [5, 5.41) is 0. The Kier molecular flexibility index (Phi) is 1.93. The first-order valence-electron chi connectivity index (χ1n) is 10.5. The van der Waals surface area contributed by atoms with Crippen LogP contribution in [0.1, 0.15) is 57.3 Å². The van der Waals surface area contributed by atoms with Crippen LogP contribution < -0.4 is 5.73 Å². The first-order valence-corrected chi connectivity index (χ1v) is 6.00. The van der Waals surface area contributed by atoms with E-state index in [0.29, 0.717) is 0 Å². The van der Waals surface area contributed by atoms with Crippen LogP contribution in [0.15, 0.2) is 18.3 Å². The third kappa shape index (κ3) is 3.85. The average molecular weight is 286 g/mol. The third-order valence-corrected chi connectivity index (χ3v) is 2.24. The molecule has 2 heterocycles. The van der Waals surface area contributed by atoms with Crippen molar-refractivity contribution in [3.63, 3.8) is 0 Å². The highest BCUT2D eigenvalue weighted by Gasteiger charge is 2.27. The predicted molar refractivity (Wildman–Crippen MR) is 78.4 cm³/mol. The minimum absolute atomic E-state index is 0.00400. The molecule has 1 amide bonds. The SMILES string of the molecule is [2H]C1([2H])N(C(=O)OC(C)(C)C)C([2H])([2H])C([2H])([2H])C([2H])(c2ccc(N)nc2)C1([2H])[2H]. The van der Waals surface area contributed by atoms with Crippen molar-refractivity contribution in [2.75, 3.05) is 18.7 Å². The number of anilines is 1. The Bertz CT molecular complexity index is 778. The highest BCUT2D eigenvalue weighted by Crippen LogP contribution is 2.28. The van der Waals surface area contributed by atoms with E-state index in [1.54, 1.807) is 0 Å². The fourth-order valence-corrected chi connectivity index (χ4v) is 1.38. The zero-order chi connectivity index (χ0) is 22.8. The van der Waals surface area contributed by atoms with E-state index in [9.17, 15) is 4.79 Å². The number of hydrogen-bond acceptors (Lipinski definition) is 4. The Balaban J connectivity index is 2.79. The van der Waals surface area contributed by atoms with Crippen molar-refractivity contribution in [2.24, 2.45) is 0 Å². The van der Waals surface area contributed by atoms with E-state index < -0.39 is 48.9 Å². The van der Waals surface area contributed by atoms with Crippen LogP contribution in [0.25, 0.3) is 0 Å². The molecule has 1 fully saturated rings. The zero-order valence-corrected chi connectivity index (χ0v) is 11.5. The van der Waals surface area contributed by atoms with Crippen molar-refractivity contribution >= 4 is 11.9 Å². The monoisotopic (exact) mass is 286 g/mol. The second-order valence-electron chi connectivity index (χ2n) is 5.14. The Morgan fingerprint density at radius 3 is 2.65 bits per heavy atom. The molecule has 1 saturated heterocycles. The molecular formula is C15H23N3O2. The van der Waals surface area contributed by atoms with E-state index >= 15 is 0 Å². The topological polar surface area (TPSA) is 68.5 Å². The average Bonchev–Trinajstić information content (AvgIpc) is 2.50. The summed E-state index contributed by atoms with van der Waals surface area (Å²) in [4.78, 5) is 16.1. The molecule has 110 valence electrons. The van der Waals surface area contributed by atoms with Crippen LogP contribution in [-0.2, 0) is 4.74 Å². The smallest absolute Gasteiger partial charge is 0.410 e. The Labute approximate surface area is 132 Å². The van der Waals surface area contributed by atoms with Crippen LogP contribution >= 0.6 is 0 Å². The molecule has 0 aromatic carbocycles. The van der Waals surface area contributed by atoms with Gasteiger partial charge >= 0.3 is 6.09 Å². The van der Waals surface area contributed by atoms with Crippen LogP contribution in [0.3, 0.4) is 0 Å². The fourth-order valence-electron chi connectivity index (χ4n) is 1.38. The molecule has 1 aliphatic rings. The molecule has 20 heavy (non-hydrogen) atoms. The zero-order valence-electron chi connectivity index (χ0n) is 20.5. The molecule has 0 aliphatic carbocycles. The number of carbonyl (C=O) groups is 1. The number of piperidine rings is 1. The number of nitrogens with two attached hydrogens (primary N) is 1. The van der Waals surface area contributed by atoms with Gasteiger partial charge in [-0.15, -0.1) is 0 Å². The number of carbonyl (C=O) groups excluding carboxylic acids is 1. The Hall–Kier alpha value is -1.78. The summed E-state index contributed by atoms with van der Waals surface area (Å²) >= 11 is 0. The minimum Gasteiger partial charge on any atom is -0.444 e. The van der Waals surface area contributed by atoms with Gasteiger partial charge in [0.1, 0.15) is 11.4 Å². The van der Waals surface area contributed by atoms with Gasteiger partial charge in [0.15, 0.2) is 0 Å². The van der Waals surface area contributed by atoms with Crippen LogP contribution in [0.2, 0.25) is 0 Å². The Morgan fingerprint density at radius 1 is 1.50 bits per heavy atom. The van der Waals surface area contributed by atoms with E-state index in [-0.39, 0.29) is 10.7 Å². The first-order chi connectivity index (χ1) is 12.7. The number of nitrogen functional groups attached to an aromatic ring is 1. The maximum Gasteiger partial charge on any atom is 0.410 e. The van der Waals surface area contributed by atoms with Gasteiger partial charge in [-0.1, -0.05) is 6.07 Å². The molecule has 0 radical (unpaired) electrons. The molecule has 2 N–H and O–H groups in total. The van der Waals surface area contributed by atoms with Crippen LogP contribution in [0.4, 0.5) is 10.6 Å². The summed E-state index contributed by atoms with van der Waals surface area (Å²) in [6.45, 7) is -2.60. The van der Waals surface area contributed by atoms with Crippen molar-refractivity contribution < 1.29 is 21.9 Å².